The van der Waals surface area contributed by atoms with Crippen LogP contribution in [0.25, 0.3) is 0 Å². The molecule has 0 aliphatic carbocycles. The van der Waals surface area contributed by atoms with E-state index in [0.29, 0.717) is 12.1 Å². The van der Waals surface area contributed by atoms with Crippen molar-refractivity contribution in [1.29, 1.82) is 0 Å². The molecule has 4 N–H and O–H groups in total. The Hall–Kier alpha value is -2.54. The monoisotopic (exact) mass is 376 g/mol. The molecule has 0 saturated carbocycles. The van der Waals surface area contributed by atoms with Gasteiger partial charge in [-0.05, 0) is 24.3 Å². The van der Waals surface area contributed by atoms with E-state index >= 15 is 0 Å². The molecule has 0 aliphatic rings. The fraction of sp³-hybridized carbons (Fsp3) is 0. The van der Waals surface area contributed by atoms with Crippen LogP contribution in [0.5, 0.6) is 0 Å². The Morgan fingerprint density at radius 3 is 1.83 bits per heavy atom. The third kappa shape index (κ3) is 4.73. The summed E-state index contributed by atoms with van der Waals surface area (Å²) in [4.78, 5) is 20.9. The van der Waals surface area contributed by atoms with E-state index in [1.165, 1.54) is 0 Å². The van der Waals surface area contributed by atoms with Crippen LogP contribution in [-0.4, -0.2) is 37.8 Å². The predicted octanol–water partition coefficient (Wildman–Crippen LogP) is 0.429. The highest BCUT2D eigenvalue weighted by Gasteiger charge is 2.25. The van der Waals surface area contributed by atoms with E-state index in [-0.39, 0.29) is 0 Å². The maximum Gasteiger partial charge on any atom is 0.296 e. The number of nitrogens with one attached hydrogen (secondary N) is 2. The first-order chi connectivity index (χ1) is 10.9. The summed E-state index contributed by atoms with van der Waals surface area (Å²) in [6, 6.07) is 1.09. The molecule has 0 radical (unpaired) electrons. The molecular formula is C12H12N2O8S2. The van der Waals surface area contributed by atoms with E-state index in [9.17, 15) is 31.0 Å². The first kappa shape index (κ1) is 19.5. The third-order valence-electron chi connectivity index (χ3n) is 2.53. The Labute approximate surface area is 137 Å². The van der Waals surface area contributed by atoms with Gasteiger partial charge in [-0.2, -0.15) is 16.8 Å². The number of hydrogen-bond donors (Lipinski definition) is 4. The van der Waals surface area contributed by atoms with Gasteiger partial charge >= 0.3 is 0 Å². The van der Waals surface area contributed by atoms with Crippen molar-refractivity contribution in [1.82, 2.24) is 0 Å². The summed E-state index contributed by atoms with van der Waals surface area (Å²) in [5.74, 6) is -1.79. The molecule has 0 heterocycles. The van der Waals surface area contributed by atoms with Gasteiger partial charge in [0.15, 0.2) is 0 Å². The molecule has 0 bridgehead atoms. The van der Waals surface area contributed by atoms with Crippen molar-refractivity contribution >= 4 is 43.4 Å². The molecule has 10 nitrogen and oxygen atoms in total. The van der Waals surface area contributed by atoms with Gasteiger partial charge < -0.3 is 10.6 Å². The Balaban J connectivity index is 3.84. The summed E-state index contributed by atoms with van der Waals surface area (Å²) in [5, 5.41) is 4.08. The number of carbonyl (C=O) groups is 2. The average Bonchev–Trinajstić information content (AvgIpc) is 2.45. The van der Waals surface area contributed by atoms with Gasteiger partial charge in [0.25, 0.3) is 20.2 Å². The van der Waals surface area contributed by atoms with Crippen molar-refractivity contribution < 1.29 is 35.5 Å². The Bertz CT molecular complexity index is 932. The minimum atomic E-state index is -5.04. The SMILES string of the molecule is C=CC(=O)Nc1cc(S(=O)(=O)O)cc(S(=O)(=O)O)c1NC(=O)C=C. The van der Waals surface area contributed by atoms with Gasteiger partial charge in [-0.15, -0.1) is 0 Å². The van der Waals surface area contributed by atoms with Crippen LogP contribution in [-0.2, 0) is 29.8 Å². The zero-order valence-electron chi connectivity index (χ0n) is 11.9. The molecule has 1 rings (SSSR count). The molecule has 0 aliphatic heterocycles. The van der Waals surface area contributed by atoms with Crippen LogP contribution in [0.3, 0.4) is 0 Å². The normalized spacial score (nSPS) is 11.4. The lowest BCUT2D eigenvalue weighted by atomic mass is 10.2. The molecule has 0 spiro atoms. The maximum absolute atomic E-state index is 11.5. The van der Waals surface area contributed by atoms with Gasteiger partial charge in [0.2, 0.25) is 11.8 Å². The van der Waals surface area contributed by atoms with Crippen LogP contribution in [0, 0.1) is 0 Å². The smallest absolute Gasteiger partial charge is 0.296 e. The predicted molar refractivity (Wildman–Crippen MR) is 83.7 cm³/mol. The molecule has 1 aromatic rings. The highest BCUT2D eigenvalue weighted by atomic mass is 32.2. The summed E-state index contributed by atoms with van der Waals surface area (Å²) in [6.45, 7) is 6.30. The van der Waals surface area contributed by atoms with Crippen molar-refractivity contribution in [3.05, 3.63) is 37.4 Å². The molecule has 24 heavy (non-hydrogen) atoms. The molecule has 0 unspecified atom stereocenters. The molecule has 1 aromatic carbocycles. The summed E-state index contributed by atoms with van der Waals surface area (Å²) < 4.78 is 63.8. The molecule has 0 atom stereocenters. The summed E-state index contributed by atoms with van der Waals surface area (Å²) in [7, 11) is -9.92. The fourth-order valence-electron chi connectivity index (χ4n) is 1.53. The molecule has 130 valence electrons. The van der Waals surface area contributed by atoms with E-state index in [0.717, 1.165) is 12.2 Å². The van der Waals surface area contributed by atoms with E-state index < -0.39 is 53.2 Å². The number of hydrogen-bond acceptors (Lipinski definition) is 6. The van der Waals surface area contributed by atoms with Crippen molar-refractivity contribution in [2.24, 2.45) is 0 Å². The Morgan fingerprint density at radius 1 is 0.917 bits per heavy atom. The van der Waals surface area contributed by atoms with E-state index in [2.05, 4.69) is 18.5 Å². The van der Waals surface area contributed by atoms with Gasteiger partial charge in [0.05, 0.1) is 16.3 Å². The van der Waals surface area contributed by atoms with Crippen molar-refractivity contribution in [2.75, 3.05) is 10.6 Å². The first-order valence-corrected chi connectivity index (χ1v) is 8.78. The average molecular weight is 376 g/mol. The largest absolute Gasteiger partial charge is 0.321 e. The summed E-state index contributed by atoms with van der Waals surface area (Å²) in [5.41, 5.74) is -1.14. The van der Waals surface area contributed by atoms with Crippen molar-refractivity contribution in [2.45, 2.75) is 9.79 Å². The second-order valence-electron chi connectivity index (χ2n) is 4.18. The summed E-state index contributed by atoms with van der Waals surface area (Å²) in [6.07, 6.45) is 1.55. The minimum Gasteiger partial charge on any atom is -0.321 e. The van der Waals surface area contributed by atoms with E-state index in [1.807, 2.05) is 5.32 Å². The van der Waals surface area contributed by atoms with Gasteiger partial charge in [-0.3, -0.25) is 18.7 Å². The highest BCUT2D eigenvalue weighted by molar-refractivity contribution is 7.86. The highest BCUT2D eigenvalue weighted by Crippen LogP contribution is 2.33. The standard InChI is InChI=1S/C12H12N2O8S2/c1-3-10(15)13-8-5-7(23(17,18)19)6-9(24(20,21)22)12(8)14-11(16)4-2/h3-6H,1-2H2,(H,13,15)(H,14,16)(H,17,18,19)(H,20,21,22). The zero-order chi connectivity index (χ0) is 18.7. The van der Waals surface area contributed by atoms with Crippen LogP contribution in [0.1, 0.15) is 0 Å². The maximum atomic E-state index is 11.5. The zero-order valence-corrected chi connectivity index (χ0v) is 13.5. The minimum absolute atomic E-state index is 0.410. The van der Waals surface area contributed by atoms with Gasteiger partial charge in [-0.25, -0.2) is 0 Å². The number of anilines is 2. The summed E-state index contributed by atoms with van der Waals surface area (Å²) >= 11 is 0. The van der Waals surface area contributed by atoms with Crippen LogP contribution >= 0.6 is 0 Å². The lowest BCUT2D eigenvalue weighted by molar-refractivity contribution is -0.112. The third-order valence-corrected chi connectivity index (χ3v) is 4.24. The lowest BCUT2D eigenvalue weighted by Crippen LogP contribution is -2.17. The van der Waals surface area contributed by atoms with Crippen molar-refractivity contribution in [3.63, 3.8) is 0 Å². The Kier molecular flexibility index (Phi) is 5.62. The van der Waals surface area contributed by atoms with Crippen LogP contribution in [0.4, 0.5) is 11.4 Å². The van der Waals surface area contributed by atoms with Crippen LogP contribution in [0.15, 0.2) is 47.2 Å². The number of amides is 2. The fourth-order valence-corrected chi connectivity index (χ4v) is 2.83. The second kappa shape index (κ2) is 6.92. The van der Waals surface area contributed by atoms with Gasteiger partial charge in [-0.1, -0.05) is 13.2 Å². The molecule has 0 fully saturated rings. The first-order valence-electron chi connectivity index (χ1n) is 5.90. The van der Waals surface area contributed by atoms with Crippen LogP contribution < -0.4 is 10.6 Å². The molecule has 0 saturated heterocycles. The quantitative estimate of drug-likeness (QED) is 0.409. The number of benzene rings is 1. The van der Waals surface area contributed by atoms with Gasteiger partial charge in [0.1, 0.15) is 4.90 Å². The second-order valence-corrected chi connectivity index (χ2v) is 6.99. The number of carbonyl (C=O) groups excluding carboxylic acids is 2. The molecule has 12 heteroatoms. The molecule has 2 amide bonds. The van der Waals surface area contributed by atoms with E-state index in [1.54, 1.807) is 0 Å². The number of rotatable bonds is 6. The van der Waals surface area contributed by atoms with Crippen LogP contribution in [0.2, 0.25) is 0 Å². The topological polar surface area (TPSA) is 167 Å². The van der Waals surface area contributed by atoms with E-state index in [4.69, 9.17) is 4.55 Å². The molecular weight excluding hydrogens is 364 g/mol. The Morgan fingerprint density at radius 2 is 1.42 bits per heavy atom. The van der Waals surface area contributed by atoms with Gasteiger partial charge in [0, 0.05) is 0 Å². The lowest BCUT2D eigenvalue weighted by Gasteiger charge is -2.15. The molecule has 0 aromatic heterocycles. The van der Waals surface area contributed by atoms with Crippen molar-refractivity contribution in [3.8, 4) is 0 Å².